The van der Waals surface area contributed by atoms with Crippen LogP contribution < -0.4 is 9.64 Å². The number of hydrogen-bond donors (Lipinski definition) is 1. The van der Waals surface area contributed by atoms with Gasteiger partial charge in [0.25, 0.3) is 5.91 Å². The third-order valence-corrected chi connectivity index (χ3v) is 4.28. The van der Waals surface area contributed by atoms with Crippen molar-refractivity contribution < 1.29 is 19.0 Å². The summed E-state index contributed by atoms with van der Waals surface area (Å²) in [7, 11) is 0. The number of rotatable bonds is 5. The molecule has 0 saturated carbocycles. The zero-order valence-electron chi connectivity index (χ0n) is 14.2. The maximum atomic E-state index is 12.3. The second-order valence-electron chi connectivity index (χ2n) is 6.16. The van der Waals surface area contributed by atoms with Gasteiger partial charge < -0.3 is 19.1 Å². The van der Waals surface area contributed by atoms with Crippen LogP contribution in [0.1, 0.15) is 17.0 Å². The smallest absolute Gasteiger partial charge is 0.260 e. The summed E-state index contributed by atoms with van der Waals surface area (Å²) >= 11 is 0. The van der Waals surface area contributed by atoms with Crippen LogP contribution in [0, 0.1) is 18.3 Å². The number of quaternary nitrogens is 1. The molecule has 0 aliphatic carbocycles. The standard InChI is InChI=1S/C18H20N4O3/c1-14-10-16(20-25-14)12-21-6-8-22(9-7-21)18(23)13-24-17-4-2-15(11-19)3-5-17/h2-5,10H,6-9,12-13H2,1H3/p+1. The van der Waals surface area contributed by atoms with E-state index in [4.69, 9.17) is 14.5 Å². The third-order valence-electron chi connectivity index (χ3n) is 4.28. The molecule has 1 aliphatic heterocycles. The Hall–Kier alpha value is -2.85. The Morgan fingerprint density at radius 1 is 1.36 bits per heavy atom. The summed E-state index contributed by atoms with van der Waals surface area (Å²) in [6.45, 7) is 5.91. The molecule has 3 rings (SSSR count). The normalized spacial score (nSPS) is 15.0. The van der Waals surface area contributed by atoms with E-state index in [1.165, 1.54) is 4.90 Å². The highest BCUT2D eigenvalue weighted by atomic mass is 16.5. The van der Waals surface area contributed by atoms with E-state index in [1.807, 2.05) is 17.9 Å². The first kappa shape index (κ1) is 17.0. The van der Waals surface area contributed by atoms with E-state index < -0.39 is 0 Å². The van der Waals surface area contributed by atoms with Crippen molar-refractivity contribution in [3.63, 3.8) is 0 Å². The van der Waals surface area contributed by atoms with Gasteiger partial charge in [-0.1, -0.05) is 5.16 Å². The van der Waals surface area contributed by atoms with E-state index in [2.05, 4.69) is 11.2 Å². The monoisotopic (exact) mass is 341 g/mol. The molecule has 1 saturated heterocycles. The number of aromatic nitrogens is 1. The average molecular weight is 341 g/mol. The number of carbonyl (C=O) groups excluding carboxylic acids is 1. The molecule has 1 aliphatic rings. The predicted octanol–water partition coefficient (Wildman–Crippen LogP) is 0.161. The van der Waals surface area contributed by atoms with E-state index >= 15 is 0 Å². The van der Waals surface area contributed by atoms with Crippen molar-refractivity contribution >= 4 is 5.91 Å². The second-order valence-corrected chi connectivity index (χ2v) is 6.16. The van der Waals surface area contributed by atoms with Gasteiger partial charge in [-0.05, 0) is 31.2 Å². The number of piperazine rings is 1. The number of aryl methyl sites for hydroxylation is 1. The lowest BCUT2D eigenvalue weighted by Gasteiger charge is -2.31. The van der Waals surface area contributed by atoms with Gasteiger partial charge in [0.05, 0.1) is 37.8 Å². The molecule has 0 unspecified atom stereocenters. The van der Waals surface area contributed by atoms with Crippen molar-refractivity contribution in [1.29, 1.82) is 5.26 Å². The summed E-state index contributed by atoms with van der Waals surface area (Å²) in [5.41, 5.74) is 1.52. The summed E-state index contributed by atoms with van der Waals surface area (Å²) < 4.78 is 10.6. The maximum absolute atomic E-state index is 12.3. The third kappa shape index (κ3) is 4.58. The van der Waals surface area contributed by atoms with Gasteiger partial charge >= 0.3 is 0 Å². The number of carbonyl (C=O) groups is 1. The first-order chi connectivity index (χ1) is 12.1. The van der Waals surface area contributed by atoms with E-state index in [0.29, 0.717) is 24.4 Å². The molecule has 0 radical (unpaired) electrons. The number of amides is 1. The molecule has 25 heavy (non-hydrogen) atoms. The first-order valence-corrected chi connectivity index (χ1v) is 8.30. The van der Waals surface area contributed by atoms with Crippen LogP contribution in [-0.4, -0.2) is 48.7 Å². The molecular weight excluding hydrogens is 320 g/mol. The number of nitrogens with one attached hydrogen (secondary N) is 1. The SMILES string of the molecule is Cc1cc(C[NH+]2CCN(C(=O)COc3ccc(C#N)cc3)CC2)no1. The van der Waals surface area contributed by atoms with Crippen LogP contribution in [0.2, 0.25) is 0 Å². The summed E-state index contributed by atoms with van der Waals surface area (Å²) in [5.74, 6) is 1.40. The van der Waals surface area contributed by atoms with Crippen LogP contribution in [0.3, 0.4) is 0 Å². The molecule has 0 spiro atoms. The fourth-order valence-electron chi connectivity index (χ4n) is 2.87. The second kappa shape index (κ2) is 7.81. The predicted molar refractivity (Wildman–Crippen MR) is 88.9 cm³/mol. The largest absolute Gasteiger partial charge is 0.484 e. The zero-order chi connectivity index (χ0) is 17.6. The molecule has 7 heteroatoms. The van der Waals surface area contributed by atoms with E-state index in [0.717, 1.165) is 31.1 Å². The fraction of sp³-hybridized carbons (Fsp3) is 0.389. The lowest BCUT2D eigenvalue weighted by atomic mass is 10.2. The summed E-state index contributed by atoms with van der Waals surface area (Å²) in [4.78, 5) is 15.5. The first-order valence-electron chi connectivity index (χ1n) is 8.30. The number of benzene rings is 1. The summed E-state index contributed by atoms with van der Waals surface area (Å²) in [6, 6.07) is 10.8. The Bertz CT molecular complexity index is 755. The minimum absolute atomic E-state index is 0.0132. The van der Waals surface area contributed by atoms with E-state index in [9.17, 15) is 4.79 Å². The van der Waals surface area contributed by atoms with Crippen molar-refractivity contribution in [3.8, 4) is 11.8 Å². The van der Waals surface area contributed by atoms with Gasteiger partial charge in [-0.15, -0.1) is 0 Å². The quantitative estimate of drug-likeness (QED) is 0.838. The molecule has 1 fully saturated rings. The highest BCUT2D eigenvalue weighted by molar-refractivity contribution is 5.77. The minimum Gasteiger partial charge on any atom is -0.484 e. The van der Waals surface area contributed by atoms with Gasteiger partial charge in [0, 0.05) is 6.07 Å². The van der Waals surface area contributed by atoms with Crippen LogP contribution in [-0.2, 0) is 11.3 Å². The molecule has 2 heterocycles. The lowest BCUT2D eigenvalue weighted by molar-refractivity contribution is -0.918. The molecule has 1 aromatic heterocycles. The van der Waals surface area contributed by atoms with Gasteiger partial charge in [-0.3, -0.25) is 4.79 Å². The molecule has 1 aromatic carbocycles. The van der Waals surface area contributed by atoms with Crippen LogP contribution in [0.25, 0.3) is 0 Å². The zero-order valence-corrected chi connectivity index (χ0v) is 14.2. The van der Waals surface area contributed by atoms with Crippen molar-refractivity contribution in [3.05, 3.63) is 47.3 Å². The van der Waals surface area contributed by atoms with Gasteiger partial charge in [0.15, 0.2) is 6.61 Å². The number of nitrogens with zero attached hydrogens (tertiary/aromatic N) is 3. The number of hydrogen-bond acceptors (Lipinski definition) is 5. The Morgan fingerprint density at radius 2 is 2.08 bits per heavy atom. The fourth-order valence-corrected chi connectivity index (χ4v) is 2.87. The van der Waals surface area contributed by atoms with Crippen molar-refractivity contribution in [2.24, 2.45) is 0 Å². The topological polar surface area (TPSA) is 83.8 Å². The Kier molecular flexibility index (Phi) is 5.31. The minimum atomic E-state index is -0.0132. The van der Waals surface area contributed by atoms with Crippen molar-refractivity contribution in [2.75, 3.05) is 32.8 Å². The van der Waals surface area contributed by atoms with Gasteiger partial charge in [-0.2, -0.15) is 5.26 Å². The van der Waals surface area contributed by atoms with Crippen molar-refractivity contribution in [2.45, 2.75) is 13.5 Å². The Labute approximate surface area is 146 Å². The van der Waals surface area contributed by atoms with E-state index in [1.54, 1.807) is 24.3 Å². The summed E-state index contributed by atoms with van der Waals surface area (Å²) in [5, 5.41) is 12.8. The van der Waals surface area contributed by atoms with Crippen LogP contribution in [0.15, 0.2) is 34.9 Å². The van der Waals surface area contributed by atoms with Crippen LogP contribution >= 0.6 is 0 Å². The lowest BCUT2D eigenvalue weighted by Crippen LogP contribution is -3.13. The molecular formula is C18H21N4O3+. The molecule has 1 N–H and O–H groups in total. The molecule has 0 bridgehead atoms. The van der Waals surface area contributed by atoms with Crippen molar-refractivity contribution in [1.82, 2.24) is 10.1 Å². The van der Waals surface area contributed by atoms with Gasteiger partial charge in [0.1, 0.15) is 23.7 Å². The molecule has 7 nitrogen and oxygen atoms in total. The highest BCUT2D eigenvalue weighted by Crippen LogP contribution is 2.11. The molecule has 2 aromatic rings. The number of nitriles is 1. The Morgan fingerprint density at radius 3 is 2.68 bits per heavy atom. The molecule has 1 amide bonds. The molecule has 0 atom stereocenters. The summed E-state index contributed by atoms with van der Waals surface area (Å²) in [6.07, 6.45) is 0. The number of ether oxygens (including phenoxy) is 1. The van der Waals surface area contributed by atoms with Crippen LogP contribution in [0.5, 0.6) is 5.75 Å². The Balaban J connectivity index is 1.42. The highest BCUT2D eigenvalue weighted by Gasteiger charge is 2.24. The van der Waals surface area contributed by atoms with Crippen LogP contribution in [0.4, 0.5) is 0 Å². The van der Waals surface area contributed by atoms with Gasteiger partial charge in [-0.25, -0.2) is 0 Å². The van der Waals surface area contributed by atoms with Gasteiger partial charge in [0.2, 0.25) is 0 Å². The maximum Gasteiger partial charge on any atom is 0.260 e. The van der Waals surface area contributed by atoms with E-state index in [-0.39, 0.29) is 12.5 Å². The molecule has 130 valence electrons. The average Bonchev–Trinajstić information content (AvgIpc) is 3.05.